The average molecular weight is 212 g/mol. The van der Waals surface area contributed by atoms with Crippen LogP contribution in [-0.2, 0) is 4.79 Å². The fraction of sp³-hybridized carbons (Fsp3) is 0.917. The predicted octanol–water partition coefficient (Wildman–Crippen LogP) is 1.68. The topological polar surface area (TPSA) is 41.1 Å². The smallest absolute Gasteiger partial charge is 0.220 e. The first-order valence-corrected chi connectivity index (χ1v) is 6.06. The minimum Gasteiger partial charge on any atom is -0.355 e. The second-order valence-electron chi connectivity index (χ2n) is 5.15. The molecule has 1 unspecified atom stereocenters. The average Bonchev–Trinajstić information content (AvgIpc) is 2.16. The Balaban J connectivity index is 2.33. The SMILES string of the molecule is CCCC(=O)NCC1NCCCC1(C)C. The van der Waals surface area contributed by atoms with Gasteiger partial charge in [0.1, 0.15) is 0 Å². The predicted molar refractivity (Wildman–Crippen MR) is 62.7 cm³/mol. The number of carbonyl (C=O) groups is 1. The van der Waals surface area contributed by atoms with Crippen LogP contribution in [0.2, 0.25) is 0 Å². The van der Waals surface area contributed by atoms with Crippen LogP contribution in [0.5, 0.6) is 0 Å². The van der Waals surface area contributed by atoms with Gasteiger partial charge in [-0.1, -0.05) is 20.8 Å². The molecule has 2 N–H and O–H groups in total. The number of hydrogen-bond donors (Lipinski definition) is 2. The molecular formula is C12H24N2O. The van der Waals surface area contributed by atoms with Gasteiger partial charge in [0.25, 0.3) is 0 Å². The van der Waals surface area contributed by atoms with E-state index in [0.717, 1.165) is 19.5 Å². The van der Waals surface area contributed by atoms with Crippen molar-refractivity contribution < 1.29 is 4.79 Å². The van der Waals surface area contributed by atoms with E-state index in [1.807, 2.05) is 6.92 Å². The zero-order chi connectivity index (χ0) is 11.3. The Morgan fingerprint density at radius 2 is 2.27 bits per heavy atom. The summed E-state index contributed by atoms with van der Waals surface area (Å²) in [4.78, 5) is 11.4. The van der Waals surface area contributed by atoms with E-state index in [-0.39, 0.29) is 5.91 Å². The molecule has 1 atom stereocenters. The molecule has 1 aliphatic heterocycles. The Morgan fingerprint density at radius 1 is 1.53 bits per heavy atom. The summed E-state index contributed by atoms with van der Waals surface area (Å²) < 4.78 is 0. The van der Waals surface area contributed by atoms with E-state index in [4.69, 9.17) is 0 Å². The van der Waals surface area contributed by atoms with E-state index in [0.29, 0.717) is 17.9 Å². The molecule has 15 heavy (non-hydrogen) atoms. The lowest BCUT2D eigenvalue weighted by Crippen LogP contribution is -2.52. The van der Waals surface area contributed by atoms with Crippen LogP contribution in [0.15, 0.2) is 0 Å². The molecule has 0 radical (unpaired) electrons. The lowest BCUT2D eigenvalue weighted by Gasteiger charge is -2.39. The van der Waals surface area contributed by atoms with Crippen LogP contribution in [0.3, 0.4) is 0 Å². The molecular weight excluding hydrogens is 188 g/mol. The van der Waals surface area contributed by atoms with Crippen molar-refractivity contribution in [1.82, 2.24) is 10.6 Å². The van der Waals surface area contributed by atoms with E-state index in [1.165, 1.54) is 12.8 Å². The van der Waals surface area contributed by atoms with Gasteiger partial charge in [-0.3, -0.25) is 4.79 Å². The molecule has 0 spiro atoms. The normalized spacial score (nSPS) is 24.9. The first-order chi connectivity index (χ1) is 7.06. The third-order valence-electron chi connectivity index (χ3n) is 3.31. The third kappa shape index (κ3) is 3.82. The van der Waals surface area contributed by atoms with Crippen LogP contribution in [0.1, 0.15) is 46.5 Å². The monoisotopic (exact) mass is 212 g/mol. The summed E-state index contributed by atoms with van der Waals surface area (Å²) >= 11 is 0. The van der Waals surface area contributed by atoms with Gasteiger partial charge in [0.15, 0.2) is 0 Å². The fourth-order valence-corrected chi connectivity index (χ4v) is 2.15. The maximum Gasteiger partial charge on any atom is 0.220 e. The van der Waals surface area contributed by atoms with Gasteiger partial charge in [-0.25, -0.2) is 0 Å². The molecule has 1 fully saturated rings. The number of amides is 1. The summed E-state index contributed by atoms with van der Waals surface area (Å²) in [6, 6.07) is 0.423. The summed E-state index contributed by atoms with van der Waals surface area (Å²) in [6.07, 6.45) is 4.06. The maximum atomic E-state index is 11.4. The van der Waals surface area contributed by atoms with E-state index >= 15 is 0 Å². The molecule has 1 rings (SSSR count). The molecule has 1 aliphatic rings. The lowest BCUT2D eigenvalue weighted by molar-refractivity contribution is -0.121. The van der Waals surface area contributed by atoms with Gasteiger partial charge in [-0.05, 0) is 31.2 Å². The largest absolute Gasteiger partial charge is 0.355 e. The molecule has 1 saturated heterocycles. The number of nitrogens with one attached hydrogen (secondary N) is 2. The Kier molecular flexibility index (Phi) is 4.58. The van der Waals surface area contributed by atoms with Crippen molar-refractivity contribution in [2.45, 2.75) is 52.5 Å². The van der Waals surface area contributed by atoms with Gasteiger partial charge >= 0.3 is 0 Å². The van der Waals surface area contributed by atoms with Crippen LogP contribution in [0, 0.1) is 5.41 Å². The van der Waals surface area contributed by atoms with E-state index in [1.54, 1.807) is 0 Å². The molecule has 0 aromatic heterocycles. The van der Waals surface area contributed by atoms with E-state index in [9.17, 15) is 4.79 Å². The quantitative estimate of drug-likeness (QED) is 0.744. The number of carbonyl (C=O) groups excluding carboxylic acids is 1. The Bertz CT molecular complexity index is 214. The van der Waals surface area contributed by atoms with Crippen LogP contribution >= 0.6 is 0 Å². The summed E-state index contributed by atoms with van der Waals surface area (Å²) in [6.45, 7) is 8.43. The molecule has 0 saturated carbocycles. The third-order valence-corrected chi connectivity index (χ3v) is 3.31. The number of piperidine rings is 1. The molecule has 0 aromatic carbocycles. The Labute approximate surface area is 93.0 Å². The highest BCUT2D eigenvalue weighted by Crippen LogP contribution is 2.29. The molecule has 3 heteroatoms. The van der Waals surface area contributed by atoms with Crippen molar-refractivity contribution in [3.63, 3.8) is 0 Å². The Morgan fingerprint density at radius 3 is 2.87 bits per heavy atom. The highest BCUT2D eigenvalue weighted by molar-refractivity contribution is 5.75. The van der Waals surface area contributed by atoms with E-state index in [2.05, 4.69) is 24.5 Å². The minimum absolute atomic E-state index is 0.181. The lowest BCUT2D eigenvalue weighted by atomic mass is 9.77. The van der Waals surface area contributed by atoms with Crippen molar-refractivity contribution >= 4 is 5.91 Å². The van der Waals surface area contributed by atoms with Gasteiger partial charge in [-0.15, -0.1) is 0 Å². The number of hydrogen-bond acceptors (Lipinski definition) is 2. The number of rotatable bonds is 4. The molecule has 1 amide bonds. The van der Waals surface area contributed by atoms with Crippen molar-refractivity contribution in [2.75, 3.05) is 13.1 Å². The second kappa shape index (κ2) is 5.50. The van der Waals surface area contributed by atoms with Crippen molar-refractivity contribution in [3.05, 3.63) is 0 Å². The maximum absolute atomic E-state index is 11.4. The zero-order valence-electron chi connectivity index (χ0n) is 10.2. The first kappa shape index (κ1) is 12.5. The molecule has 3 nitrogen and oxygen atoms in total. The first-order valence-electron chi connectivity index (χ1n) is 6.06. The van der Waals surface area contributed by atoms with Crippen LogP contribution in [-0.4, -0.2) is 25.0 Å². The molecule has 0 bridgehead atoms. The van der Waals surface area contributed by atoms with Gasteiger partial charge in [0, 0.05) is 19.0 Å². The van der Waals surface area contributed by atoms with Crippen molar-refractivity contribution in [2.24, 2.45) is 5.41 Å². The van der Waals surface area contributed by atoms with Gasteiger partial charge < -0.3 is 10.6 Å². The van der Waals surface area contributed by atoms with E-state index < -0.39 is 0 Å². The highest BCUT2D eigenvalue weighted by atomic mass is 16.1. The standard InChI is InChI=1S/C12H24N2O/c1-4-6-11(15)14-9-10-12(2,3)7-5-8-13-10/h10,13H,4-9H2,1-3H3,(H,14,15). The fourth-order valence-electron chi connectivity index (χ4n) is 2.15. The van der Waals surface area contributed by atoms with Crippen molar-refractivity contribution in [3.8, 4) is 0 Å². The molecule has 0 aliphatic carbocycles. The van der Waals surface area contributed by atoms with Gasteiger partial charge in [-0.2, -0.15) is 0 Å². The second-order valence-corrected chi connectivity index (χ2v) is 5.15. The minimum atomic E-state index is 0.181. The van der Waals surface area contributed by atoms with Gasteiger partial charge in [0.05, 0.1) is 0 Å². The van der Waals surface area contributed by atoms with Crippen molar-refractivity contribution in [1.29, 1.82) is 0 Å². The summed E-state index contributed by atoms with van der Waals surface area (Å²) in [5.41, 5.74) is 0.303. The summed E-state index contributed by atoms with van der Waals surface area (Å²) in [5, 5.41) is 6.50. The van der Waals surface area contributed by atoms with Crippen LogP contribution in [0.25, 0.3) is 0 Å². The molecule has 0 aromatic rings. The Hall–Kier alpha value is -0.570. The summed E-state index contributed by atoms with van der Waals surface area (Å²) in [5.74, 6) is 0.181. The molecule has 1 heterocycles. The van der Waals surface area contributed by atoms with Gasteiger partial charge in [0.2, 0.25) is 5.91 Å². The highest BCUT2D eigenvalue weighted by Gasteiger charge is 2.31. The van der Waals surface area contributed by atoms with Crippen LogP contribution in [0.4, 0.5) is 0 Å². The van der Waals surface area contributed by atoms with Crippen LogP contribution < -0.4 is 10.6 Å². The molecule has 88 valence electrons. The summed E-state index contributed by atoms with van der Waals surface area (Å²) in [7, 11) is 0. The zero-order valence-corrected chi connectivity index (χ0v) is 10.2.